The summed E-state index contributed by atoms with van der Waals surface area (Å²) in [7, 11) is 1.78. The lowest BCUT2D eigenvalue weighted by molar-refractivity contribution is -0.125. The maximum Gasteiger partial charge on any atom is 0.245 e. The van der Waals surface area contributed by atoms with Gasteiger partial charge in [-0.25, -0.2) is 0 Å². The van der Waals surface area contributed by atoms with E-state index < -0.39 is 0 Å². The zero-order chi connectivity index (χ0) is 12.3. The number of hydrogen-bond acceptors (Lipinski definition) is 1. The number of benzene rings is 2. The molecule has 0 spiro atoms. The molecule has 0 saturated carbocycles. The second kappa shape index (κ2) is 4.83. The van der Waals surface area contributed by atoms with Gasteiger partial charge in [-0.1, -0.05) is 49.0 Å². The molecular weight excluding hydrogens is 210 g/mol. The number of rotatable bonds is 3. The summed E-state index contributed by atoms with van der Waals surface area (Å²) >= 11 is 0. The van der Waals surface area contributed by atoms with Crippen LogP contribution in [0.15, 0.2) is 55.1 Å². The Bertz CT molecular complexity index is 554. The number of carbonyl (C=O) groups is 1. The molecule has 86 valence electrons. The standard InChI is InChI=1S/C15H15NO/c1-3-15(17)16(2)11-13-9-6-8-12-7-4-5-10-14(12)13/h3-10H,1,11H2,2H3. The fourth-order valence-electron chi connectivity index (χ4n) is 1.92. The summed E-state index contributed by atoms with van der Waals surface area (Å²) in [5, 5.41) is 2.39. The number of fused-ring (bicyclic) bond motifs is 1. The molecule has 0 aliphatic heterocycles. The Morgan fingerprint density at radius 3 is 2.71 bits per heavy atom. The summed E-state index contributed by atoms with van der Waals surface area (Å²) in [6.45, 7) is 4.10. The highest BCUT2D eigenvalue weighted by molar-refractivity contribution is 5.88. The first-order valence-corrected chi connectivity index (χ1v) is 5.56. The Morgan fingerprint density at radius 1 is 1.24 bits per heavy atom. The summed E-state index contributed by atoms with van der Waals surface area (Å²) in [6, 6.07) is 14.3. The SMILES string of the molecule is C=CC(=O)N(C)Cc1cccc2ccccc12. The molecule has 0 atom stereocenters. The quantitative estimate of drug-likeness (QED) is 0.735. The number of amides is 1. The normalized spacial score (nSPS) is 10.2. The van der Waals surface area contributed by atoms with Gasteiger partial charge >= 0.3 is 0 Å². The monoisotopic (exact) mass is 225 g/mol. The van der Waals surface area contributed by atoms with E-state index in [4.69, 9.17) is 0 Å². The summed E-state index contributed by atoms with van der Waals surface area (Å²) in [6.07, 6.45) is 1.34. The van der Waals surface area contributed by atoms with E-state index in [9.17, 15) is 4.79 Å². The minimum Gasteiger partial charge on any atom is -0.338 e. The van der Waals surface area contributed by atoms with Gasteiger partial charge in [-0.15, -0.1) is 0 Å². The van der Waals surface area contributed by atoms with Crippen LogP contribution < -0.4 is 0 Å². The van der Waals surface area contributed by atoms with Gasteiger partial charge < -0.3 is 4.90 Å². The fraction of sp³-hybridized carbons (Fsp3) is 0.133. The summed E-state index contributed by atoms with van der Waals surface area (Å²) in [4.78, 5) is 13.1. The van der Waals surface area contributed by atoms with Gasteiger partial charge in [0.15, 0.2) is 0 Å². The van der Waals surface area contributed by atoms with Crippen LogP contribution in [0, 0.1) is 0 Å². The molecule has 0 bridgehead atoms. The Labute approximate surface area is 101 Å². The average Bonchev–Trinajstić information content (AvgIpc) is 2.38. The highest BCUT2D eigenvalue weighted by Gasteiger charge is 2.07. The molecular formula is C15H15NO. The summed E-state index contributed by atoms with van der Waals surface area (Å²) in [5.74, 6) is -0.0575. The van der Waals surface area contributed by atoms with Crippen LogP contribution in [0.2, 0.25) is 0 Å². The lowest BCUT2D eigenvalue weighted by atomic mass is 10.0. The van der Waals surface area contributed by atoms with Crippen molar-refractivity contribution in [2.45, 2.75) is 6.54 Å². The number of nitrogens with zero attached hydrogens (tertiary/aromatic N) is 1. The zero-order valence-electron chi connectivity index (χ0n) is 9.89. The minimum atomic E-state index is -0.0575. The van der Waals surface area contributed by atoms with E-state index in [0.29, 0.717) is 6.54 Å². The molecule has 0 aromatic heterocycles. The highest BCUT2D eigenvalue weighted by Crippen LogP contribution is 2.19. The Morgan fingerprint density at radius 2 is 1.94 bits per heavy atom. The molecule has 0 radical (unpaired) electrons. The largest absolute Gasteiger partial charge is 0.338 e. The van der Waals surface area contributed by atoms with Gasteiger partial charge in [-0.2, -0.15) is 0 Å². The smallest absolute Gasteiger partial charge is 0.245 e. The molecule has 0 unspecified atom stereocenters. The van der Waals surface area contributed by atoms with Crippen molar-refractivity contribution in [1.82, 2.24) is 4.90 Å². The molecule has 0 aliphatic rings. The average molecular weight is 225 g/mol. The highest BCUT2D eigenvalue weighted by atomic mass is 16.2. The third-order valence-electron chi connectivity index (χ3n) is 2.84. The van der Waals surface area contributed by atoms with Crippen LogP contribution in [0.1, 0.15) is 5.56 Å². The Kier molecular flexibility index (Phi) is 3.24. The molecule has 17 heavy (non-hydrogen) atoms. The van der Waals surface area contributed by atoms with Crippen molar-refractivity contribution in [1.29, 1.82) is 0 Å². The van der Waals surface area contributed by atoms with E-state index in [1.54, 1.807) is 11.9 Å². The van der Waals surface area contributed by atoms with Crippen molar-refractivity contribution in [2.75, 3.05) is 7.05 Å². The molecule has 0 aliphatic carbocycles. The van der Waals surface area contributed by atoms with E-state index in [2.05, 4.69) is 30.8 Å². The first kappa shape index (κ1) is 11.4. The lowest BCUT2D eigenvalue weighted by Gasteiger charge is -2.16. The molecule has 2 nitrogen and oxygen atoms in total. The number of hydrogen-bond donors (Lipinski definition) is 0. The molecule has 0 heterocycles. The molecule has 0 N–H and O–H groups in total. The van der Waals surface area contributed by atoms with Crippen LogP contribution in [0.5, 0.6) is 0 Å². The molecule has 0 saturated heterocycles. The molecule has 2 heteroatoms. The predicted octanol–water partition coefficient (Wildman–Crippen LogP) is 2.98. The third kappa shape index (κ3) is 2.36. The van der Waals surface area contributed by atoms with Gasteiger partial charge in [-0.3, -0.25) is 4.79 Å². The molecule has 2 aromatic carbocycles. The minimum absolute atomic E-state index is 0.0575. The molecule has 2 rings (SSSR count). The van der Waals surface area contributed by atoms with Crippen LogP contribution in [0.25, 0.3) is 10.8 Å². The van der Waals surface area contributed by atoms with Crippen molar-refractivity contribution in [3.8, 4) is 0 Å². The van der Waals surface area contributed by atoms with Crippen molar-refractivity contribution < 1.29 is 4.79 Å². The lowest BCUT2D eigenvalue weighted by Crippen LogP contribution is -2.23. The van der Waals surface area contributed by atoms with Gasteiger partial charge in [0.2, 0.25) is 5.91 Å². The second-order valence-corrected chi connectivity index (χ2v) is 4.04. The van der Waals surface area contributed by atoms with Crippen LogP contribution >= 0.6 is 0 Å². The van der Waals surface area contributed by atoms with Crippen LogP contribution in [0.3, 0.4) is 0 Å². The first-order valence-electron chi connectivity index (χ1n) is 5.56. The summed E-state index contributed by atoms with van der Waals surface area (Å²) in [5.41, 5.74) is 1.15. The maximum atomic E-state index is 11.5. The number of carbonyl (C=O) groups excluding carboxylic acids is 1. The number of likely N-dealkylation sites (N-methyl/N-ethyl adjacent to an activating group) is 1. The predicted molar refractivity (Wildman–Crippen MR) is 70.6 cm³/mol. The van der Waals surface area contributed by atoms with Gasteiger partial charge in [0.1, 0.15) is 0 Å². The van der Waals surface area contributed by atoms with E-state index in [-0.39, 0.29) is 5.91 Å². The van der Waals surface area contributed by atoms with Gasteiger partial charge in [0.05, 0.1) is 0 Å². The van der Waals surface area contributed by atoms with E-state index in [0.717, 1.165) is 5.56 Å². The zero-order valence-corrected chi connectivity index (χ0v) is 9.89. The van der Waals surface area contributed by atoms with Gasteiger partial charge in [0, 0.05) is 13.6 Å². The molecule has 1 amide bonds. The van der Waals surface area contributed by atoms with E-state index >= 15 is 0 Å². The van der Waals surface area contributed by atoms with Crippen LogP contribution in [-0.2, 0) is 11.3 Å². The summed E-state index contributed by atoms with van der Waals surface area (Å²) < 4.78 is 0. The third-order valence-corrected chi connectivity index (χ3v) is 2.84. The van der Waals surface area contributed by atoms with Gasteiger partial charge in [0.25, 0.3) is 0 Å². The van der Waals surface area contributed by atoms with Gasteiger partial charge in [-0.05, 0) is 22.4 Å². The van der Waals surface area contributed by atoms with E-state index in [1.165, 1.54) is 16.8 Å². The first-order chi connectivity index (χ1) is 8.22. The molecule has 2 aromatic rings. The Balaban J connectivity index is 2.36. The Hall–Kier alpha value is -2.09. The second-order valence-electron chi connectivity index (χ2n) is 4.04. The van der Waals surface area contributed by atoms with Crippen molar-refractivity contribution >= 4 is 16.7 Å². The van der Waals surface area contributed by atoms with Crippen LogP contribution in [0.4, 0.5) is 0 Å². The maximum absolute atomic E-state index is 11.5. The fourth-order valence-corrected chi connectivity index (χ4v) is 1.92. The molecule has 0 fully saturated rings. The van der Waals surface area contributed by atoms with Crippen molar-refractivity contribution in [3.05, 3.63) is 60.7 Å². The van der Waals surface area contributed by atoms with E-state index in [1.807, 2.05) is 18.2 Å². The van der Waals surface area contributed by atoms with Crippen molar-refractivity contribution in [2.24, 2.45) is 0 Å². The topological polar surface area (TPSA) is 20.3 Å². The van der Waals surface area contributed by atoms with Crippen molar-refractivity contribution in [3.63, 3.8) is 0 Å². The van der Waals surface area contributed by atoms with Crippen LogP contribution in [-0.4, -0.2) is 17.9 Å².